The molecular weight excluding hydrogens is 290 g/mol. The van der Waals surface area contributed by atoms with Crippen molar-refractivity contribution in [3.05, 3.63) is 40.6 Å². The number of benzene rings is 1. The van der Waals surface area contributed by atoms with Crippen molar-refractivity contribution in [1.82, 2.24) is 4.98 Å². The number of aromatic carboxylic acids is 1. The molecule has 0 aliphatic heterocycles. The van der Waals surface area contributed by atoms with E-state index >= 15 is 0 Å². The lowest BCUT2D eigenvalue weighted by atomic mass is 9.95. The van der Waals surface area contributed by atoms with Gasteiger partial charge in [0.2, 0.25) is 0 Å². The zero-order valence-electron chi connectivity index (χ0n) is 10.9. The van der Waals surface area contributed by atoms with Crippen molar-refractivity contribution in [1.29, 1.82) is 0 Å². The molecule has 0 radical (unpaired) electrons. The maximum Gasteiger partial charge on any atom is 0.338 e. The van der Waals surface area contributed by atoms with Gasteiger partial charge in [0.05, 0.1) is 11.1 Å². The van der Waals surface area contributed by atoms with E-state index in [2.05, 4.69) is 4.98 Å². The number of nitrogens with zero attached hydrogens (tertiary/aromatic N) is 1. The van der Waals surface area contributed by atoms with E-state index in [9.17, 15) is 22.4 Å². The van der Waals surface area contributed by atoms with Gasteiger partial charge >= 0.3 is 5.97 Å². The van der Waals surface area contributed by atoms with E-state index in [0.717, 1.165) is 0 Å². The zero-order valence-corrected chi connectivity index (χ0v) is 10.9. The molecule has 112 valence electrons. The second kappa shape index (κ2) is 5.67. The summed E-state index contributed by atoms with van der Waals surface area (Å²) < 4.78 is 52.6. The highest BCUT2D eigenvalue weighted by Gasteiger charge is 2.30. The number of carboxylic acid groups (broad SMARTS) is 1. The number of rotatable bonds is 4. The number of alkyl halides is 4. The fraction of sp³-hybridized carbons (Fsp3) is 0.286. The molecule has 1 aromatic heterocycles. The second-order valence-electron chi connectivity index (χ2n) is 4.36. The molecule has 0 saturated carbocycles. The predicted molar refractivity (Wildman–Crippen MR) is 68.0 cm³/mol. The Kier molecular flexibility index (Phi) is 4.11. The first kappa shape index (κ1) is 15.2. The van der Waals surface area contributed by atoms with Crippen LogP contribution in [0.1, 0.15) is 47.0 Å². The highest BCUT2D eigenvalue weighted by atomic mass is 19.3. The molecule has 2 rings (SSSR count). The van der Waals surface area contributed by atoms with Gasteiger partial charge in [0, 0.05) is 10.9 Å². The summed E-state index contributed by atoms with van der Waals surface area (Å²) in [6.07, 6.45) is -6.08. The first-order chi connectivity index (χ1) is 9.88. The largest absolute Gasteiger partial charge is 0.478 e. The summed E-state index contributed by atoms with van der Waals surface area (Å²) in [7, 11) is 0. The monoisotopic (exact) mass is 301 g/mol. The lowest BCUT2D eigenvalue weighted by molar-refractivity contribution is 0.0669. The summed E-state index contributed by atoms with van der Waals surface area (Å²) in [5, 5.41) is 9.00. The fourth-order valence-electron chi connectivity index (χ4n) is 2.33. The van der Waals surface area contributed by atoms with Crippen molar-refractivity contribution in [2.24, 2.45) is 0 Å². The first-order valence-electron chi connectivity index (χ1n) is 6.13. The molecule has 2 aromatic rings. The molecule has 21 heavy (non-hydrogen) atoms. The molecule has 0 fully saturated rings. The average molecular weight is 301 g/mol. The van der Waals surface area contributed by atoms with Crippen molar-refractivity contribution in [2.45, 2.75) is 26.2 Å². The SMILES string of the molecule is CCc1cccc2nc(C(F)F)c(C(=O)O)c(C(F)F)c12. The Bertz CT molecular complexity index is 701. The van der Waals surface area contributed by atoms with Crippen LogP contribution in [-0.4, -0.2) is 16.1 Å². The molecule has 7 heteroatoms. The minimum absolute atomic E-state index is 0.0510. The van der Waals surface area contributed by atoms with Crippen molar-refractivity contribution >= 4 is 16.9 Å². The van der Waals surface area contributed by atoms with E-state index in [1.807, 2.05) is 0 Å². The number of fused-ring (bicyclic) bond motifs is 1. The minimum Gasteiger partial charge on any atom is -0.478 e. The van der Waals surface area contributed by atoms with Gasteiger partial charge in [0.25, 0.3) is 12.9 Å². The molecule has 0 saturated heterocycles. The standard InChI is InChI=1S/C14H11F4NO2/c1-2-6-4-3-5-7-8(6)9(12(15)16)10(14(20)21)11(19-7)13(17)18/h3-5,12-13H,2H2,1H3,(H,20,21). The Morgan fingerprint density at radius 1 is 1.24 bits per heavy atom. The van der Waals surface area contributed by atoms with Gasteiger partial charge in [-0.25, -0.2) is 27.3 Å². The average Bonchev–Trinajstić information content (AvgIpc) is 2.43. The van der Waals surface area contributed by atoms with Gasteiger partial charge in [-0.2, -0.15) is 0 Å². The molecule has 1 heterocycles. The number of aryl methyl sites for hydroxylation is 1. The van der Waals surface area contributed by atoms with Crippen LogP contribution < -0.4 is 0 Å². The van der Waals surface area contributed by atoms with E-state index in [1.54, 1.807) is 13.0 Å². The number of halogens is 4. The lowest BCUT2D eigenvalue weighted by Gasteiger charge is -2.15. The lowest BCUT2D eigenvalue weighted by Crippen LogP contribution is -2.12. The van der Waals surface area contributed by atoms with Crippen LogP contribution in [0.15, 0.2) is 18.2 Å². The Hall–Kier alpha value is -2.18. The van der Waals surface area contributed by atoms with Gasteiger partial charge < -0.3 is 5.11 Å². The molecule has 3 nitrogen and oxygen atoms in total. The minimum atomic E-state index is -3.25. The van der Waals surface area contributed by atoms with Gasteiger partial charge in [0.1, 0.15) is 5.69 Å². The summed E-state index contributed by atoms with van der Waals surface area (Å²) in [6, 6.07) is 4.38. The van der Waals surface area contributed by atoms with E-state index in [0.29, 0.717) is 12.0 Å². The van der Waals surface area contributed by atoms with Gasteiger partial charge in [-0.1, -0.05) is 19.1 Å². The maximum absolute atomic E-state index is 13.3. The Balaban J connectivity index is 3.03. The number of hydrogen-bond acceptors (Lipinski definition) is 2. The summed E-state index contributed by atoms with van der Waals surface area (Å²) >= 11 is 0. The first-order valence-corrected chi connectivity index (χ1v) is 6.13. The van der Waals surface area contributed by atoms with E-state index in [1.165, 1.54) is 12.1 Å². The van der Waals surface area contributed by atoms with Crippen LogP contribution in [0.5, 0.6) is 0 Å². The number of hydrogen-bond donors (Lipinski definition) is 1. The molecular formula is C14H11F4NO2. The predicted octanol–water partition coefficient (Wildman–Crippen LogP) is 4.37. The molecule has 1 N–H and O–H groups in total. The van der Waals surface area contributed by atoms with E-state index in [-0.39, 0.29) is 10.9 Å². The van der Waals surface area contributed by atoms with Crippen molar-refractivity contribution in [3.8, 4) is 0 Å². The van der Waals surface area contributed by atoms with Gasteiger partial charge in [-0.05, 0) is 18.1 Å². The Labute approximate surface area is 117 Å². The fourth-order valence-corrected chi connectivity index (χ4v) is 2.33. The van der Waals surface area contributed by atoms with Crippen molar-refractivity contribution in [2.75, 3.05) is 0 Å². The van der Waals surface area contributed by atoms with E-state index < -0.39 is 35.6 Å². The molecule has 0 unspecified atom stereocenters. The van der Waals surface area contributed by atoms with Crippen LogP contribution in [0.25, 0.3) is 10.9 Å². The normalized spacial score (nSPS) is 11.6. The quantitative estimate of drug-likeness (QED) is 0.853. The third-order valence-corrected chi connectivity index (χ3v) is 3.18. The van der Waals surface area contributed by atoms with Crippen LogP contribution in [0.4, 0.5) is 17.6 Å². The smallest absolute Gasteiger partial charge is 0.338 e. The molecule has 0 amide bonds. The number of aromatic nitrogens is 1. The van der Waals surface area contributed by atoms with Crippen LogP contribution in [0.3, 0.4) is 0 Å². The van der Waals surface area contributed by atoms with Gasteiger partial charge in [-0.15, -0.1) is 0 Å². The summed E-state index contributed by atoms with van der Waals surface area (Å²) in [6.45, 7) is 1.70. The van der Waals surface area contributed by atoms with Crippen molar-refractivity contribution in [3.63, 3.8) is 0 Å². The molecule has 0 aliphatic rings. The molecule has 0 aliphatic carbocycles. The number of carbonyl (C=O) groups is 1. The maximum atomic E-state index is 13.3. The Morgan fingerprint density at radius 2 is 1.90 bits per heavy atom. The Morgan fingerprint density at radius 3 is 2.38 bits per heavy atom. The molecule has 1 aromatic carbocycles. The van der Waals surface area contributed by atoms with Gasteiger partial charge in [-0.3, -0.25) is 0 Å². The summed E-state index contributed by atoms with van der Waals surface area (Å²) in [5.74, 6) is -1.83. The van der Waals surface area contributed by atoms with Crippen LogP contribution in [-0.2, 0) is 6.42 Å². The summed E-state index contributed by atoms with van der Waals surface area (Å²) in [4.78, 5) is 14.8. The van der Waals surface area contributed by atoms with Crippen molar-refractivity contribution < 1.29 is 27.5 Å². The van der Waals surface area contributed by atoms with Crippen LogP contribution >= 0.6 is 0 Å². The highest BCUT2D eigenvalue weighted by Crippen LogP contribution is 2.37. The third-order valence-electron chi connectivity index (χ3n) is 3.18. The molecule has 0 bridgehead atoms. The topological polar surface area (TPSA) is 50.2 Å². The number of pyridine rings is 1. The third kappa shape index (κ3) is 2.55. The highest BCUT2D eigenvalue weighted by molar-refractivity contribution is 5.99. The molecule has 0 spiro atoms. The van der Waals surface area contributed by atoms with E-state index in [4.69, 9.17) is 5.11 Å². The van der Waals surface area contributed by atoms with Crippen LogP contribution in [0, 0.1) is 0 Å². The second-order valence-corrected chi connectivity index (χ2v) is 4.36. The van der Waals surface area contributed by atoms with Crippen LogP contribution in [0.2, 0.25) is 0 Å². The van der Waals surface area contributed by atoms with Gasteiger partial charge in [0.15, 0.2) is 0 Å². The zero-order chi connectivity index (χ0) is 15.7. The molecule has 0 atom stereocenters. The number of carboxylic acids is 1. The summed E-state index contributed by atoms with van der Waals surface area (Å²) in [5.41, 5.74) is -2.73.